The molecule has 8 heteroatoms. The molecule has 1 aromatic carbocycles. The number of pyridine rings is 1. The van der Waals surface area contributed by atoms with Crippen molar-refractivity contribution in [1.82, 2.24) is 19.7 Å². The number of amides is 1. The quantitative estimate of drug-likeness (QED) is 0.367. The van der Waals surface area contributed by atoms with Crippen molar-refractivity contribution >= 4 is 38.3 Å². The van der Waals surface area contributed by atoms with Gasteiger partial charge >= 0.3 is 0 Å². The van der Waals surface area contributed by atoms with Gasteiger partial charge in [0.1, 0.15) is 0 Å². The van der Waals surface area contributed by atoms with E-state index in [2.05, 4.69) is 63.3 Å². The average Bonchev–Trinajstić information content (AvgIpc) is 3.34. The van der Waals surface area contributed by atoms with Gasteiger partial charge in [0.2, 0.25) is 5.91 Å². The lowest BCUT2D eigenvalue weighted by Crippen LogP contribution is -2.07. The van der Waals surface area contributed by atoms with E-state index in [-0.39, 0.29) is 5.91 Å². The Morgan fingerprint density at radius 1 is 1.25 bits per heavy atom. The number of hydrogen-bond donors (Lipinski definition) is 1. The summed E-state index contributed by atoms with van der Waals surface area (Å²) in [7, 11) is 0. The number of nitrogens with one attached hydrogen (secondary N) is 1. The molecule has 0 saturated carbocycles. The smallest absolute Gasteiger partial charge is 0.223 e. The maximum absolute atomic E-state index is 11.6. The molecule has 0 unspecified atom stereocenters. The number of rotatable bonds is 4. The molecule has 0 saturated heterocycles. The molecule has 3 heterocycles. The predicted octanol–water partition coefficient (Wildman–Crippen LogP) is 6.00. The Balaban J connectivity index is 1.74. The van der Waals surface area contributed by atoms with Crippen molar-refractivity contribution in [3.8, 4) is 27.5 Å². The van der Waals surface area contributed by atoms with Crippen molar-refractivity contribution in [1.29, 1.82) is 0 Å². The molecule has 0 spiro atoms. The molecule has 6 nitrogen and oxygen atoms in total. The maximum atomic E-state index is 11.6. The summed E-state index contributed by atoms with van der Waals surface area (Å²) in [5, 5.41) is 8.54. The van der Waals surface area contributed by atoms with E-state index in [9.17, 15) is 4.79 Å². The van der Waals surface area contributed by atoms with Gasteiger partial charge in [-0.25, -0.2) is 9.67 Å². The van der Waals surface area contributed by atoms with Crippen LogP contribution in [-0.2, 0) is 17.6 Å². The highest BCUT2D eigenvalue weighted by Gasteiger charge is 2.30. The molecule has 0 atom stereocenters. The van der Waals surface area contributed by atoms with Gasteiger partial charge in [-0.2, -0.15) is 5.10 Å². The van der Waals surface area contributed by atoms with Gasteiger partial charge in [0, 0.05) is 34.9 Å². The first-order chi connectivity index (χ1) is 15.4. The van der Waals surface area contributed by atoms with Gasteiger partial charge in [-0.1, -0.05) is 31.3 Å². The second-order valence-corrected chi connectivity index (χ2v) is 10.0. The molecule has 3 aromatic heterocycles. The third-order valence-electron chi connectivity index (χ3n) is 5.59. The first-order valence-corrected chi connectivity index (χ1v) is 12.1. The minimum Gasteiger partial charge on any atom is -0.302 e. The second kappa shape index (κ2) is 8.26. The van der Waals surface area contributed by atoms with Crippen molar-refractivity contribution < 1.29 is 4.79 Å². The first kappa shape index (κ1) is 21.0. The first-order valence-electron chi connectivity index (χ1n) is 10.5. The minimum absolute atomic E-state index is 0.118. The monoisotopic (exact) mass is 507 g/mol. The fraction of sp³-hybridized carbons (Fsp3) is 0.250. The zero-order valence-electron chi connectivity index (χ0n) is 18.0. The molecule has 0 fully saturated rings. The summed E-state index contributed by atoms with van der Waals surface area (Å²) >= 11 is 5.28. The van der Waals surface area contributed by atoms with Crippen molar-refractivity contribution in [3.05, 3.63) is 64.0 Å². The summed E-state index contributed by atoms with van der Waals surface area (Å²) in [6.07, 6.45) is 5.27. The highest BCUT2D eigenvalue weighted by Crippen LogP contribution is 2.44. The molecule has 1 amide bonds. The molecular weight excluding hydrogens is 486 g/mol. The highest BCUT2D eigenvalue weighted by atomic mass is 79.9. The van der Waals surface area contributed by atoms with E-state index in [0.29, 0.717) is 11.0 Å². The number of benzene rings is 1. The number of hydrogen-bond acceptors (Lipinski definition) is 5. The third kappa shape index (κ3) is 3.67. The average molecular weight is 508 g/mol. The van der Waals surface area contributed by atoms with Gasteiger partial charge in [0.25, 0.3) is 0 Å². The SMILES string of the molecule is CC(=O)Nc1nc2c(s1)-c1c(c(-c3cccnc3)nn1-c1ccc(C(C)C)cc1Br)CC2. The third-order valence-corrected chi connectivity index (χ3v) is 7.25. The molecule has 1 aliphatic carbocycles. The van der Waals surface area contributed by atoms with Crippen LogP contribution in [0.3, 0.4) is 0 Å². The molecule has 0 aliphatic heterocycles. The summed E-state index contributed by atoms with van der Waals surface area (Å²) < 4.78 is 3.00. The molecule has 5 rings (SSSR count). The van der Waals surface area contributed by atoms with Gasteiger partial charge < -0.3 is 5.32 Å². The minimum atomic E-state index is -0.118. The molecule has 162 valence electrons. The molecular formula is C24H22BrN5OS. The summed E-state index contributed by atoms with van der Waals surface area (Å²) in [5.41, 5.74) is 7.39. The van der Waals surface area contributed by atoms with Crippen LogP contribution in [0.25, 0.3) is 27.5 Å². The van der Waals surface area contributed by atoms with Gasteiger partial charge in [-0.15, -0.1) is 0 Å². The van der Waals surface area contributed by atoms with E-state index in [1.165, 1.54) is 29.4 Å². The van der Waals surface area contributed by atoms with E-state index in [4.69, 9.17) is 5.10 Å². The second-order valence-electron chi connectivity index (χ2n) is 8.17. The normalized spacial score (nSPS) is 12.5. The number of anilines is 1. The summed E-state index contributed by atoms with van der Waals surface area (Å²) in [5.74, 6) is 0.319. The van der Waals surface area contributed by atoms with Crippen LogP contribution in [0.2, 0.25) is 0 Å². The van der Waals surface area contributed by atoms with Gasteiger partial charge in [0.15, 0.2) is 5.13 Å². The molecule has 0 bridgehead atoms. The fourth-order valence-electron chi connectivity index (χ4n) is 4.04. The molecule has 1 N–H and O–H groups in total. The van der Waals surface area contributed by atoms with E-state index in [1.54, 1.807) is 6.20 Å². The lowest BCUT2D eigenvalue weighted by molar-refractivity contribution is -0.114. The number of carbonyl (C=O) groups is 1. The number of fused-ring (bicyclic) bond motifs is 3. The molecule has 4 aromatic rings. The summed E-state index contributed by atoms with van der Waals surface area (Å²) in [6, 6.07) is 10.4. The standard InChI is InChI=1S/C24H22BrN5OS/c1-13(2)15-6-9-20(18(25)11-15)30-22-17(21(29-30)16-5-4-10-26-12-16)7-8-19-23(22)32-24(28-19)27-14(3)31/h4-6,9-13H,7-8H2,1-3H3,(H,27,28,31). The van der Waals surface area contributed by atoms with Crippen LogP contribution >= 0.6 is 27.3 Å². The summed E-state index contributed by atoms with van der Waals surface area (Å²) in [6.45, 7) is 5.87. The lowest BCUT2D eigenvalue weighted by atomic mass is 9.95. The van der Waals surface area contributed by atoms with Crippen LogP contribution in [0.5, 0.6) is 0 Å². The topological polar surface area (TPSA) is 72.7 Å². The fourth-order valence-corrected chi connectivity index (χ4v) is 5.72. The van der Waals surface area contributed by atoms with Crippen LogP contribution in [-0.4, -0.2) is 25.7 Å². The Morgan fingerprint density at radius 2 is 2.09 bits per heavy atom. The number of nitrogens with zero attached hydrogens (tertiary/aromatic N) is 4. The predicted molar refractivity (Wildman–Crippen MR) is 131 cm³/mol. The Labute approximate surface area is 198 Å². The van der Waals surface area contributed by atoms with E-state index < -0.39 is 0 Å². The molecule has 0 radical (unpaired) electrons. The van der Waals surface area contributed by atoms with Crippen molar-refractivity contribution in [2.45, 2.75) is 39.5 Å². The van der Waals surface area contributed by atoms with E-state index >= 15 is 0 Å². The van der Waals surface area contributed by atoms with Gasteiger partial charge in [0.05, 0.1) is 27.6 Å². The van der Waals surface area contributed by atoms with Crippen molar-refractivity contribution in [3.63, 3.8) is 0 Å². The number of carbonyl (C=O) groups excluding carboxylic acids is 1. The van der Waals surface area contributed by atoms with E-state index in [0.717, 1.165) is 50.5 Å². The van der Waals surface area contributed by atoms with Crippen LogP contribution in [0.4, 0.5) is 5.13 Å². The number of aromatic nitrogens is 4. The Kier molecular flexibility index (Phi) is 5.43. The molecule has 1 aliphatic rings. The highest BCUT2D eigenvalue weighted by molar-refractivity contribution is 9.10. The Bertz CT molecular complexity index is 1330. The van der Waals surface area contributed by atoms with Gasteiger partial charge in [-0.3, -0.25) is 9.78 Å². The van der Waals surface area contributed by atoms with Crippen molar-refractivity contribution in [2.75, 3.05) is 5.32 Å². The van der Waals surface area contributed by atoms with Crippen LogP contribution in [0, 0.1) is 0 Å². The van der Waals surface area contributed by atoms with Crippen molar-refractivity contribution in [2.24, 2.45) is 0 Å². The van der Waals surface area contributed by atoms with Gasteiger partial charge in [-0.05, 0) is 64.5 Å². The van der Waals surface area contributed by atoms with Crippen LogP contribution < -0.4 is 5.32 Å². The van der Waals surface area contributed by atoms with Crippen LogP contribution in [0.15, 0.2) is 47.2 Å². The Hall–Kier alpha value is -2.84. The number of aryl methyl sites for hydroxylation is 1. The largest absolute Gasteiger partial charge is 0.302 e. The van der Waals surface area contributed by atoms with E-state index in [1.807, 2.05) is 23.0 Å². The lowest BCUT2D eigenvalue weighted by Gasteiger charge is -2.16. The van der Waals surface area contributed by atoms with Crippen LogP contribution in [0.1, 0.15) is 43.5 Å². The number of halogens is 1. The Morgan fingerprint density at radius 3 is 2.78 bits per heavy atom. The number of thiazole rings is 1. The zero-order valence-corrected chi connectivity index (χ0v) is 20.4. The summed E-state index contributed by atoms with van der Waals surface area (Å²) in [4.78, 5) is 21.7. The maximum Gasteiger partial charge on any atom is 0.223 e. The zero-order chi connectivity index (χ0) is 22.4. The molecule has 32 heavy (non-hydrogen) atoms.